The summed E-state index contributed by atoms with van der Waals surface area (Å²) in [6, 6.07) is 4.06. The molecule has 0 saturated carbocycles. The molecular weight excluding hydrogens is 456 g/mol. The molecule has 0 aromatic carbocycles. The van der Waals surface area contributed by atoms with Crippen LogP contribution in [0.2, 0.25) is 0 Å². The van der Waals surface area contributed by atoms with Crippen molar-refractivity contribution in [3.63, 3.8) is 0 Å². The van der Waals surface area contributed by atoms with E-state index in [1.54, 1.807) is 15.6 Å². The van der Waals surface area contributed by atoms with E-state index in [-0.39, 0.29) is 0 Å². The smallest absolute Gasteiger partial charge is 0.211 e. The number of hydrogen-bond acceptors (Lipinski definition) is 8. The highest BCUT2D eigenvalue weighted by molar-refractivity contribution is 7.88. The summed E-state index contributed by atoms with van der Waals surface area (Å²) < 4.78 is 25.3. The molecule has 0 bridgehead atoms. The lowest BCUT2D eigenvalue weighted by atomic mass is 10.0. The molecule has 10 heteroatoms. The Morgan fingerprint density at radius 2 is 1.70 bits per heavy atom. The zero-order valence-electron chi connectivity index (χ0n) is 19.5. The number of thiazole rings is 1. The molecule has 3 aromatic rings. The molecule has 1 N–H and O–H groups in total. The average Bonchev–Trinajstić information content (AvgIpc) is 3.27. The number of rotatable bonds is 7. The van der Waals surface area contributed by atoms with Gasteiger partial charge in [0.1, 0.15) is 5.82 Å². The summed E-state index contributed by atoms with van der Waals surface area (Å²) in [6.07, 6.45) is 8.64. The zero-order chi connectivity index (χ0) is 23.6. The number of hydrogen-bond donors (Lipinski definition) is 1. The number of sulfonamides is 1. The lowest BCUT2D eigenvalue weighted by molar-refractivity contribution is 0.387. The van der Waals surface area contributed by atoms with Gasteiger partial charge in [-0.1, -0.05) is 31.3 Å². The fraction of sp³-hybridized carbons (Fsp3) is 0.435. The first kappa shape index (κ1) is 23.6. The molecule has 4 heterocycles. The molecule has 0 atom stereocenters. The molecule has 0 radical (unpaired) electrons. The molecule has 0 aliphatic carbocycles. The fourth-order valence-electron chi connectivity index (χ4n) is 4.18. The maximum Gasteiger partial charge on any atom is 0.211 e. The second kappa shape index (κ2) is 9.74. The van der Waals surface area contributed by atoms with E-state index in [0.717, 1.165) is 45.6 Å². The van der Waals surface area contributed by atoms with E-state index in [9.17, 15) is 8.42 Å². The Kier molecular flexibility index (Phi) is 6.96. The van der Waals surface area contributed by atoms with Crippen LogP contribution in [0.25, 0.3) is 10.4 Å². The van der Waals surface area contributed by atoms with Crippen molar-refractivity contribution in [1.82, 2.24) is 19.3 Å². The topological polar surface area (TPSA) is 91.3 Å². The molecule has 4 rings (SSSR count). The highest BCUT2D eigenvalue weighted by atomic mass is 32.2. The predicted octanol–water partition coefficient (Wildman–Crippen LogP) is 3.86. The molecule has 1 aliphatic heterocycles. The minimum atomic E-state index is -3.15. The van der Waals surface area contributed by atoms with Crippen LogP contribution in [-0.2, 0) is 22.9 Å². The summed E-state index contributed by atoms with van der Waals surface area (Å²) in [5.41, 5.74) is 5.56. The van der Waals surface area contributed by atoms with Crippen molar-refractivity contribution >= 4 is 38.0 Å². The fourth-order valence-corrected chi connectivity index (χ4v) is 5.81. The van der Waals surface area contributed by atoms with Crippen LogP contribution in [-0.4, -0.2) is 60.1 Å². The monoisotopic (exact) mass is 486 g/mol. The van der Waals surface area contributed by atoms with Crippen molar-refractivity contribution in [3.8, 4) is 10.4 Å². The van der Waals surface area contributed by atoms with Crippen molar-refractivity contribution in [2.24, 2.45) is 0 Å². The first-order valence-electron chi connectivity index (χ1n) is 11.2. The molecule has 0 spiro atoms. The van der Waals surface area contributed by atoms with Crippen LogP contribution in [0, 0.1) is 6.92 Å². The van der Waals surface area contributed by atoms with E-state index >= 15 is 0 Å². The van der Waals surface area contributed by atoms with Crippen molar-refractivity contribution in [1.29, 1.82) is 0 Å². The predicted molar refractivity (Wildman–Crippen MR) is 135 cm³/mol. The summed E-state index contributed by atoms with van der Waals surface area (Å²) >= 11 is 1.58. The molecule has 176 valence electrons. The maximum absolute atomic E-state index is 11.9. The van der Waals surface area contributed by atoms with Gasteiger partial charge in [-0.3, -0.25) is 4.98 Å². The Morgan fingerprint density at radius 3 is 2.30 bits per heavy atom. The Hall–Kier alpha value is -2.56. The van der Waals surface area contributed by atoms with E-state index in [1.807, 2.05) is 31.6 Å². The first-order chi connectivity index (χ1) is 15.8. The van der Waals surface area contributed by atoms with Crippen molar-refractivity contribution < 1.29 is 8.42 Å². The van der Waals surface area contributed by atoms with E-state index in [4.69, 9.17) is 4.98 Å². The molecule has 8 nitrogen and oxygen atoms in total. The lowest BCUT2D eigenvalue weighted by Crippen LogP contribution is -2.48. The van der Waals surface area contributed by atoms with Crippen LogP contribution < -0.4 is 10.2 Å². The third-order valence-electron chi connectivity index (χ3n) is 5.96. The lowest BCUT2D eigenvalue weighted by Gasteiger charge is -2.36. The van der Waals surface area contributed by atoms with Gasteiger partial charge in [0.25, 0.3) is 0 Å². The third kappa shape index (κ3) is 5.18. The van der Waals surface area contributed by atoms with Crippen LogP contribution in [0.4, 0.5) is 16.6 Å². The third-order valence-corrected chi connectivity index (χ3v) is 8.22. The quantitative estimate of drug-likeness (QED) is 0.542. The number of piperazine rings is 1. The van der Waals surface area contributed by atoms with Gasteiger partial charge in [-0.05, 0) is 37.0 Å². The maximum atomic E-state index is 11.9. The van der Waals surface area contributed by atoms with E-state index in [0.29, 0.717) is 26.2 Å². The number of aromatic nitrogens is 3. The average molecular weight is 487 g/mol. The molecular formula is C23H30N6O2S2. The molecule has 33 heavy (non-hydrogen) atoms. The summed E-state index contributed by atoms with van der Waals surface area (Å²) in [5, 5.41) is 4.22. The largest absolute Gasteiger partial charge is 0.367 e. The van der Waals surface area contributed by atoms with Crippen molar-refractivity contribution in [2.45, 2.75) is 33.6 Å². The second-order valence-electron chi connectivity index (χ2n) is 8.15. The van der Waals surface area contributed by atoms with Crippen LogP contribution in [0.5, 0.6) is 0 Å². The number of anilines is 3. The number of nitrogens with zero attached hydrogens (tertiary/aromatic N) is 5. The minimum Gasteiger partial charge on any atom is -0.367 e. The van der Waals surface area contributed by atoms with Crippen LogP contribution >= 0.6 is 11.3 Å². The minimum absolute atomic E-state index is 0.499. The van der Waals surface area contributed by atoms with Gasteiger partial charge < -0.3 is 10.2 Å². The number of nitrogens with one attached hydrogen (secondary N) is 1. The Labute approximate surface area is 199 Å². The van der Waals surface area contributed by atoms with Crippen molar-refractivity contribution in [3.05, 3.63) is 47.5 Å². The Bertz CT molecular complexity index is 1220. The SMILES string of the molecule is CCc1c(N2CCN(S(C)(=O)=O)CC2)cnc(Nc2ncc(-c3ccc(C)nc3)s2)c1CC. The Balaban J connectivity index is 1.56. The molecule has 3 aromatic heterocycles. The summed E-state index contributed by atoms with van der Waals surface area (Å²) in [6.45, 7) is 8.59. The molecule has 1 aliphatic rings. The highest BCUT2D eigenvalue weighted by Crippen LogP contribution is 2.34. The van der Waals surface area contributed by atoms with Gasteiger partial charge in [-0.15, -0.1) is 0 Å². The number of aryl methyl sites for hydroxylation is 1. The van der Waals surface area contributed by atoms with Gasteiger partial charge in [0.2, 0.25) is 10.0 Å². The van der Waals surface area contributed by atoms with Gasteiger partial charge in [-0.25, -0.2) is 18.4 Å². The molecule has 1 fully saturated rings. The van der Waals surface area contributed by atoms with Gasteiger partial charge in [0, 0.05) is 49.8 Å². The van der Waals surface area contributed by atoms with Gasteiger partial charge >= 0.3 is 0 Å². The van der Waals surface area contributed by atoms with Crippen LogP contribution in [0.15, 0.2) is 30.7 Å². The van der Waals surface area contributed by atoms with Crippen LogP contribution in [0.3, 0.4) is 0 Å². The van der Waals surface area contributed by atoms with Gasteiger partial charge in [-0.2, -0.15) is 4.31 Å². The standard InChI is InChI=1S/C23H30N6O2S2/c1-5-18-19(6-2)22(25-14-20(18)28-9-11-29(12-10-28)33(4,30)31)27-23-26-15-21(32-23)17-8-7-16(3)24-13-17/h7-8,13-15H,5-6,9-12H2,1-4H3,(H,25,26,27). The molecule has 0 amide bonds. The van der Waals surface area contributed by atoms with E-state index in [1.165, 1.54) is 17.4 Å². The normalized spacial score (nSPS) is 15.1. The van der Waals surface area contributed by atoms with Gasteiger partial charge in [0.05, 0.1) is 23.0 Å². The molecule has 1 saturated heterocycles. The van der Waals surface area contributed by atoms with E-state index < -0.39 is 10.0 Å². The second-order valence-corrected chi connectivity index (χ2v) is 11.2. The summed E-state index contributed by atoms with van der Waals surface area (Å²) in [5.74, 6) is 0.829. The zero-order valence-corrected chi connectivity index (χ0v) is 21.1. The van der Waals surface area contributed by atoms with E-state index in [2.05, 4.69) is 40.1 Å². The first-order valence-corrected chi connectivity index (χ1v) is 13.8. The number of pyridine rings is 2. The Morgan fingerprint density at radius 1 is 0.970 bits per heavy atom. The van der Waals surface area contributed by atoms with Crippen molar-refractivity contribution in [2.75, 3.05) is 42.7 Å². The summed E-state index contributed by atoms with van der Waals surface area (Å²) in [7, 11) is -3.15. The molecule has 0 unspecified atom stereocenters. The van der Waals surface area contributed by atoms with Gasteiger partial charge in [0.15, 0.2) is 5.13 Å². The summed E-state index contributed by atoms with van der Waals surface area (Å²) in [4.78, 5) is 17.0. The highest BCUT2D eigenvalue weighted by Gasteiger charge is 2.26. The van der Waals surface area contributed by atoms with Crippen LogP contribution in [0.1, 0.15) is 30.7 Å².